The summed E-state index contributed by atoms with van der Waals surface area (Å²) in [7, 11) is 0. The van der Waals surface area contributed by atoms with Crippen molar-refractivity contribution in [3.05, 3.63) is 0 Å². The molecule has 0 aliphatic carbocycles. The van der Waals surface area contributed by atoms with Gasteiger partial charge in [-0.05, 0) is 6.42 Å². The van der Waals surface area contributed by atoms with Crippen molar-refractivity contribution in [2.75, 3.05) is 6.54 Å². The smallest absolute Gasteiger partial charge is 0.351 e. The van der Waals surface area contributed by atoms with E-state index in [-0.39, 0.29) is 6.54 Å². The molecule has 18 heavy (non-hydrogen) atoms. The number of halogens is 5. The Hall–Kier alpha value is -0.880. The Morgan fingerprint density at radius 2 is 1.44 bits per heavy atom. The number of hydrogen-bond acceptors (Lipinski definition) is 1. The molecule has 0 bridgehead atoms. The van der Waals surface area contributed by atoms with Crippen molar-refractivity contribution >= 4 is 5.91 Å². The van der Waals surface area contributed by atoms with Crippen molar-refractivity contribution in [3.63, 3.8) is 0 Å². The molecular weight excluding hydrogens is 257 g/mol. The number of rotatable bonds is 8. The molecule has 2 nitrogen and oxygen atoms in total. The minimum Gasteiger partial charge on any atom is -0.351 e. The Morgan fingerprint density at radius 3 is 1.94 bits per heavy atom. The highest BCUT2D eigenvalue weighted by atomic mass is 19.4. The van der Waals surface area contributed by atoms with Gasteiger partial charge in [0.1, 0.15) is 0 Å². The number of carbonyl (C=O) groups is 1. The molecule has 0 atom stereocenters. The zero-order valence-corrected chi connectivity index (χ0v) is 10.2. The van der Waals surface area contributed by atoms with Crippen LogP contribution < -0.4 is 5.32 Å². The van der Waals surface area contributed by atoms with Gasteiger partial charge in [-0.1, -0.05) is 39.0 Å². The Balaban J connectivity index is 3.78. The summed E-state index contributed by atoms with van der Waals surface area (Å²) in [5.41, 5.74) is 0. The summed E-state index contributed by atoms with van der Waals surface area (Å²) in [5.74, 6) is -7.58. The minimum absolute atomic E-state index is 0.156. The fourth-order valence-electron chi connectivity index (χ4n) is 1.35. The van der Waals surface area contributed by atoms with E-state index < -0.39 is 18.0 Å². The molecule has 1 N–H and O–H groups in total. The standard InChI is InChI=1S/C11H18F5NO/c1-2-3-4-5-6-7-8-17-9(18)10(12,13)11(14,15)16/h2-8H2,1H3,(H,17,18). The van der Waals surface area contributed by atoms with Crippen LogP contribution in [0, 0.1) is 0 Å². The Bertz CT molecular complexity index is 252. The van der Waals surface area contributed by atoms with Gasteiger partial charge >= 0.3 is 12.1 Å². The maximum absolute atomic E-state index is 12.5. The van der Waals surface area contributed by atoms with Crippen LogP contribution in [0.15, 0.2) is 0 Å². The van der Waals surface area contributed by atoms with Gasteiger partial charge in [0.2, 0.25) is 0 Å². The lowest BCUT2D eigenvalue weighted by Crippen LogP contribution is -2.50. The summed E-state index contributed by atoms with van der Waals surface area (Å²) in [5, 5.41) is 1.61. The zero-order chi connectivity index (χ0) is 14.2. The van der Waals surface area contributed by atoms with Crippen LogP contribution in [0.25, 0.3) is 0 Å². The maximum Gasteiger partial charge on any atom is 0.463 e. The minimum atomic E-state index is -5.84. The predicted molar refractivity (Wildman–Crippen MR) is 57.4 cm³/mol. The van der Waals surface area contributed by atoms with Gasteiger partial charge in [0.25, 0.3) is 5.91 Å². The van der Waals surface area contributed by atoms with Crippen molar-refractivity contribution in [2.24, 2.45) is 0 Å². The van der Waals surface area contributed by atoms with Gasteiger partial charge in [-0.15, -0.1) is 0 Å². The van der Waals surface area contributed by atoms with Crippen molar-refractivity contribution in [2.45, 2.75) is 57.5 Å². The first kappa shape index (κ1) is 17.1. The summed E-state index contributed by atoms with van der Waals surface area (Å²) in [6.45, 7) is 1.88. The fraction of sp³-hybridized carbons (Fsp3) is 0.909. The SMILES string of the molecule is CCCCCCCCNC(=O)C(F)(F)C(F)(F)F. The third-order valence-corrected chi connectivity index (χ3v) is 2.46. The number of alkyl halides is 5. The molecule has 1 amide bonds. The second-order valence-corrected chi connectivity index (χ2v) is 4.10. The Morgan fingerprint density at radius 1 is 0.944 bits per heavy atom. The average Bonchev–Trinajstić information content (AvgIpc) is 2.26. The molecule has 0 aromatic heterocycles. The van der Waals surface area contributed by atoms with E-state index in [1.54, 1.807) is 5.32 Å². The number of nitrogens with one attached hydrogen (secondary N) is 1. The second-order valence-electron chi connectivity index (χ2n) is 4.10. The van der Waals surface area contributed by atoms with Gasteiger partial charge in [0.05, 0.1) is 0 Å². The van der Waals surface area contributed by atoms with E-state index in [4.69, 9.17) is 0 Å². The van der Waals surface area contributed by atoms with E-state index in [1.165, 1.54) is 0 Å². The maximum atomic E-state index is 12.5. The highest BCUT2D eigenvalue weighted by Gasteiger charge is 2.63. The topological polar surface area (TPSA) is 29.1 Å². The van der Waals surface area contributed by atoms with Gasteiger partial charge in [-0.3, -0.25) is 4.79 Å². The zero-order valence-electron chi connectivity index (χ0n) is 10.2. The Labute approximate surface area is 103 Å². The molecule has 0 aliphatic heterocycles. The van der Waals surface area contributed by atoms with Crippen molar-refractivity contribution in [1.29, 1.82) is 0 Å². The molecule has 0 aromatic carbocycles. The summed E-state index contributed by atoms with van der Waals surface area (Å²) in [6.07, 6.45) is -0.699. The summed E-state index contributed by atoms with van der Waals surface area (Å²) >= 11 is 0. The molecule has 0 saturated heterocycles. The predicted octanol–water partition coefficient (Wildman–Crippen LogP) is 3.66. The van der Waals surface area contributed by atoms with Gasteiger partial charge in [-0.25, -0.2) is 0 Å². The quantitative estimate of drug-likeness (QED) is 0.531. The second kappa shape index (κ2) is 7.53. The van der Waals surface area contributed by atoms with Gasteiger partial charge < -0.3 is 5.32 Å². The van der Waals surface area contributed by atoms with Crippen molar-refractivity contribution in [3.8, 4) is 0 Å². The molecule has 0 aromatic rings. The molecule has 0 unspecified atom stereocenters. The van der Waals surface area contributed by atoms with Crippen LogP contribution in [0.1, 0.15) is 45.4 Å². The van der Waals surface area contributed by atoms with E-state index in [9.17, 15) is 26.7 Å². The first-order valence-corrected chi connectivity index (χ1v) is 5.96. The fourth-order valence-corrected chi connectivity index (χ4v) is 1.35. The van der Waals surface area contributed by atoms with Crippen molar-refractivity contribution < 1.29 is 26.7 Å². The number of carbonyl (C=O) groups excluding carboxylic acids is 1. The molecule has 0 aliphatic rings. The molecule has 0 fully saturated rings. The lowest BCUT2D eigenvalue weighted by atomic mass is 10.1. The van der Waals surface area contributed by atoms with Crippen LogP contribution >= 0.6 is 0 Å². The highest BCUT2D eigenvalue weighted by molar-refractivity contribution is 5.84. The van der Waals surface area contributed by atoms with Crippen LogP contribution in [0.5, 0.6) is 0 Å². The molecule has 7 heteroatoms. The lowest BCUT2D eigenvalue weighted by molar-refractivity contribution is -0.269. The molecule has 0 radical (unpaired) electrons. The van der Waals surface area contributed by atoms with Gasteiger partial charge in [0.15, 0.2) is 0 Å². The molecule has 0 saturated carbocycles. The molecule has 108 valence electrons. The lowest BCUT2D eigenvalue weighted by Gasteiger charge is -2.18. The largest absolute Gasteiger partial charge is 0.463 e. The molecule has 0 spiro atoms. The monoisotopic (exact) mass is 275 g/mol. The van der Waals surface area contributed by atoms with Crippen LogP contribution in [0.4, 0.5) is 22.0 Å². The summed E-state index contributed by atoms with van der Waals surface area (Å²) in [6, 6.07) is 0. The Kier molecular flexibility index (Phi) is 7.16. The molecule has 0 rings (SSSR count). The molecule has 0 heterocycles. The summed E-state index contributed by atoms with van der Waals surface area (Å²) < 4.78 is 60.3. The number of unbranched alkanes of at least 4 members (excludes halogenated alkanes) is 5. The van der Waals surface area contributed by atoms with Crippen LogP contribution in [0.3, 0.4) is 0 Å². The van der Waals surface area contributed by atoms with Crippen LogP contribution in [-0.4, -0.2) is 24.6 Å². The third-order valence-electron chi connectivity index (χ3n) is 2.46. The third kappa shape index (κ3) is 5.64. The van der Waals surface area contributed by atoms with E-state index in [2.05, 4.69) is 0 Å². The number of hydrogen-bond donors (Lipinski definition) is 1. The normalized spacial score (nSPS) is 12.6. The molecular formula is C11H18F5NO. The average molecular weight is 275 g/mol. The van der Waals surface area contributed by atoms with Gasteiger partial charge in [-0.2, -0.15) is 22.0 Å². The highest BCUT2D eigenvalue weighted by Crippen LogP contribution is 2.35. The van der Waals surface area contributed by atoms with Crippen molar-refractivity contribution in [1.82, 2.24) is 5.32 Å². The van der Waals surface area contributed by atoms with E-state index >= 15 is 0 Å². The first-order chi connectivity index (χ1) is 8.23. The number of amides is 1. The van der Waals surface area contributed by atoms with E-state index in [0.29, 0.717) is 12.8 Å². The van der Waals surface area contributed by atoms with Crippen LogP contribution in [-0.2, 0) is 4.79 Å². The van der Waals surface area contributed by atoms with Crippen LogP contribution in [0.2, 0.25) is 0 Å². The van der Waals surface area contributed by atoms with Gasteiger partial charge in [0, 0.05) is 6.54 Å². The summed E-state index contributed by atoms with van der Waals surface area (Å²) in [4.78, 5) is 10.7. The first-order valence-electron chi connectivity index (χ1n) is 5.96. The van der Waals surface area contributed by atoms with E-state index in [1.807, 2.05) is 6.92 Å². The van der Waals surface area contributed by atoms with E-state index in [0.717, 1.165) is 25.7 Å².